The summed E-state index contributed by atoms with van der Waals surface area (Å²) < 4.78 is 0. The molecular weight excluding hydrogens is 140 g/mol. The average molecular weight is 156 g/mol. The van der Waals surface area contributed by atoms with Crippen molar-refractivity contribution >= 4 is 0 Å². The predicted molar refractivity (Wildman–Crippen MR) is 42.1 cm³/mol. The van der Waals surface area contributed by atoms with E-state index in [1.54, 1.807) is 0 Å². The molecular formula is C9H16O2. The summed E-state index contributed by atoms with van der Waals surface area (Å²) in [7, 11) is 0. The second-order valence-corrected chi connectivity index (χ2v) is 4.03. The van der Waals surface area contributed by atoms with Crippen molar-refractivity contribution in [3.8, 4) is 0 Å². The van der Waals surface area contributed by atoms with Gasteiger partial charge in [-0.2, -0.15) is 0 Å². The first kappa shape index (κ1) is 7.56. The van der Waals surface area contributed by atoms with Gasteiger partial charge in [0.1, 0.15) is 0 Å². The number of aliphatic hydroxyl groups is 2. The van der Waals surface area contributed by atoms with E-state index in [0.29, 0.717) is 5.92 Å². The predicted octanol–water partition coefficient (Wildman–Crippen LogP) is 1.06. The van der Waals surface area contributed by atoms with E-state index in [-0.39, 0.29) is 0 Å². The number of aliphatic hydroxyl groups excluding tert-OH is 1. The molecule has 2 heteroatoms. The molecule has 64 valence electrons. The lowest BCUT2D eigenvalue weighted by Crippen LogP contribution is -2.44. The molecule has 0 aromatic carbocycles. The number of hydrogen-bond acceptors (Lipinski definition) is 2. The normalized spacial score (nSPS) is 50.7. The number of fused-ring (bicyclic) bond motifs is 1. The first-order chi connectivity index (χ1) is 5.23. The molecule has 0 bridgehead atoms. The van der Waals surface area contributed by atoms with Gasteiger partial charge in [0.25, 0.3) is 0 Å². The van der Waals surface area contributed by atoms with Crippen LogP contribution in [0, 0.1) is 5.92 Å². The quantitative estimate of drug-likeness (QED) is 0.550. The molecule has 2 aliphatic rings. The summed E-state index contributed by atoms with van der Waals surface area (Å²) in [6, 6.07) is 0. The van der Waals surface area contributed by atoms with Crippen LogP contribution in [0.15, 0.2) is 0 Å². The van der Waals surface area contributed by atoms with Crippen LogP contribution in [0.1, 0.15) is 38.5 Å². The summed E-state index contributed by atoms with van der Waals surface area (Å²) in [5, 5.41) is 19.6. The van der Waals surface area contributed by atoms with Crippen molar-refractivity contribution in [2.24, 2.45) is 5.92 Å². The van der Waals surface area contributed by atoms with Gasteiger partial charge >= 0.3 is 0 Å². The highest BCUT2D eigenvalue weighted by molar-refractivity contribution is 5.00. The fourth-order valence-electron chi connectivity index (χ4n) is 2.69. The SMILES string of the molecule is OC1CC[C@@H]2CCCC[C@]12O. The van der Waals surface area contributed by atoms with Crippen LogP contribution in [-0.4, -0.2) is 21.9 Å². The van der Waals surface area contributed by atoms with Crippen LogP contribution in [0.25, 0.3) is 0 Å². The summed E-state index contributed by atoms with van der Waals surface area (Å²) in [6.45, 7) is 0. The molecule has 11 heavy (non-hydrogen) atoms. The molecule has 0 aliphatic heterocycles. The van der Waals surface area contributed by atoms with Crippen molar-refractivity contribution in [2.45, 2.75) is 50.2 Å². The van der Waals surface area contributed by atoms with Gasteiger partial charge in [-0.3, -0.25) is 0 Å². The molecule has 0 radical (unpaired) electrons. The molecule has 0 saturated heterocycles. The molecule has 2 N–H and O–H groups in total. The maximum atomic E-state index is 10.0. The lowest BCUT2D eigenvalue weighted by molar-refractivity contribution is -0.0998. The topological polar surface area (TPSA) is 40.5 Å². The van der Waals surface area contributed by atoms with Crippen molar-refractivity contribution in [2.75, 3.05) is 0 Å². The van der Waals surface area contributed by atoms with Crippen LogP contribution in [0.3, 0.4) is 0 Å². The molecule has 0 amide bonds. The van der Waals surface area contributed by atoms with E-state index in [0.717, 1.165) is 32.1 Å². The van der Waals surface area contributed by atoms with Crippen LogP contribution >= 0.6 is 0 Å². The molecule has 2 saturated carbocycles. The fourth-order valence-corrected chi connectivity index (χ4v) is 2.69. The molecule has 3 atom stereocenters. The summed E-state index contributed by atoms with van der Waals surface area (Å²) in [6.07, 6.45) is 5.66. The van der Waals surface area contributed by atoms with Gasteiger partial charge < -0.3 is 10.2 Å². The Hall–Kier alpha value is -0.0800. The lowest BCUT2D eigenvalue weighted by Gasteiger charge is -2.36. The van der Waals surface area contributed by atoms with E-state index in [4.69, 9.17) is 0 Å². The van der Waals surface area contributed by atoms with Crippen LogP contribution < -0.4 is 0 Å². The highest BCUT2D eigenvalue weighted by Gasteiger charge is 2.48. The monoisotopic (exact) mass is 156 g/mol. The average Bonchev–Trinajstić information content (AvgIpc) is 2.29. The number of rotatable bonds is 0. The Labute approximate surface area is 67.2 Å². The van der Waals surface area contributed by atoms with E-state index < -0.39 is 11.7 Å². The Morgan fingerprint density at radius 2 is 1.91 bits per heavy atom. The molecule has 0 spiro atoms. The zero-order valence-corrected chi connectivity index (χ0v) is 6.79. The van der Waals surface area contributed by atoms with Crippen molar-refractivity contribution in [1.82, 2.24) is 0 Å². The fraction of sp³-hybridized carbons (Fsp3) is 1.00. The standard InChI is InChI=1S/C9H16O2/c10-8-5-4-7-3-1-2-6-9(7,8)11/h7-8,10-11H,1-6H2/t7-,8?,9+/m0/s1. The molecule has 2 rings (SSSR count). The largest absolute Gasteiger partial charge is 0.390 e. The molecule has 0 heterocycles. The van der Waals surface area contributed by atoms with Gasteiger partial charge in [0.15, 0.2) is 0 Å². The second kappa shape index (κ2) is 2.46. The Bertz CT molecular complexity index is 156. The Balaban J connectivity index is 2.16. The minimum Gasteiger partial charge on any atom is -0.390 e. The molecule has 0 aromatic heterocycles. The van der Waals surface area contributed by atoms with Gasteiger partial charge in [-0.05, 0) is 31.6 Å². The van der Waals surface area contributed by atoms with Crippen LogP contribution in [0.5, 0.6) is 0 Å². The van der Waals surface area contributed by atoms with Gasteiger partial charge in [0, 0.05) is 0 Å². The maximum Gasteiger partial charge on any atom is 0.0933 e. The Kier molecular flexibility index (Phi) is 1.69. The summed E-state index contributed by atoms with van der Waals surface area (Å²) >= 11 is 0. The van der Waals surface area contributed by atoms with Crippen molar-refractivity contribution in [1.29, 1.82) is 0 Å². The highest BCUT2D eigenvalue weighted by atomic mass is 16.3. The maximum absolute atomic E-state index is 10.0. The van der Waals surface area contributed by atoms with Crippen molar-refractivity contribution in [3.05, 3.63) is 0 Å². The van der Waals surface area contributed by atoms with Gasteiger partial charge in [-0.1, -0.05) is 12.8 Å². The van der Waals surface area contributed by atoms with Gasteiger partial charge in [-0.25, -0.2) is 0 Å². The van der Waals surface area contributed by atoms with Gasteiger partial charge in [-0.15, -0.1) is 0 Å². The van der Waals surface area contributed by atoms with Crippen LogP contribution in [0.2, 0.25) is 0 Å². The molecule has 0 aromatic rings. The summed E-state index contributed by atoms with van der Waals surface area (Å²) in [4.78, 5) is 0. The van der Waals surface area contributed by atoms with Crippen molar-refractivity contribution in [3.63, 3.8) is 0 Å². The molecule has 2 aliphatic carbocycles. The zero-order chi connectivity index (χ0) is 7.90. The Morgan fingerprint density at radius 1 is 1.09 bits per heavy atom. The van der Waals surface area contributed by atoms with Crippen LogP contribution in [-0.2, 0) is 0 Å². The third-order valence-electron chi connectivity index (χ3n) is 3.45. The van der Waals surface area contributed by atoms with E-state index in [9.17, 15) is 10.2 Å². The minimum absolute atomic E-state index is 0.395. The second-order valence-electron chi connectivity index (χ2n) is 4.03. The molecule has 2 fully saturated rings. The summed E-state index contributed by atoms with van der Waals surface area (Å²) in [5.74, 6) is 0.395. The van der Waals surface area contributed by atoms with Gasteiger partial charge in [0.2, 0.25) is 0 Å². The Morgan fingerprint density at radius 3 is 2.64 bits per heavy atom. The first-order valence-corrected chi connectivity index (χ1v) is 4.64. The highest BCUT2D eigenvalue weighted by Crippen LogP contribution is 2.45. The number of hydrogen-bond donors (Lipinski definition) is 2. The minimum atomic E-state index is -0.696. The lowest BCUT2D eigenvalue weighted by atomic mass is 9.77. The van der Waals surface area contributed by atoms with Crippen LogP contribution in [0.4, 0.5) is 0 Å². The molecule has 1 unspecified atom stereocenters. The third kappa shape index (κ3) is 1.00. The van der Waals surface area contributed by atoms with E-state index in [2.05, 4.69) is 0 Å². The first-order valence-electron chi connectivity index (χ1n) is 4.64. The van der Waals surface area contributed by atoms with Crippen molar-refractivity contribution < 1.29 is 10.2 Å². The van der Waals surface area contributed by atoms with E-state index in [1.165, 1.54) is 6.42 Å². The van der Waals surface area contributed by atoms with E-state index in [1.807, 2.05) is 0 Å². The third-order valence-corrected chi connectivity index (χ3v) is 3.45. The zero-order valence-electron chi connectivity index (χ0n) is 6.79. The van der Waals surface area contributed by atoms with Gasteiger partial charge in [0.05, 0.1) is 11.7 Å². The molecule has 2 nitrogen and oxygen atoms in total. The smallest absolute Gasteiger partial charge is 0.0933 e. The summed E-state index contributed by atoms with van der Waals surface area (Å²) in [5.41, 5.74) is -0.696. The van der Waals surface area contributed by atoms with E-state index >= 15 is 0 Å².